The van der Waals surface area contributed by atoms with Crippen LogP contribution in [-0.4, -0.2) is 34.3 Å². The van der Waals surface area contributed by atoms with Gasteiger partial charge >= 0.3 is 0 Å². The summed E-state index contributed by atoms with van der Waals surface area (Å²) in [6.07, 6.45) is 11.1. The summed E-state index contributed by atoms with van der Waals surface area (Å²) in [5.41, 5.74) is 2.40. The first kappa shape index (κ1) is 19.2. The van der Waals surface area contributed by atoms with E-state index in [1.54, 1.807) is 23.9 Å². The Balaban J connectivity index is 2.01. The molecular weight excluding hydrogens is 342 g/mol. The van der Waals surface area contributed by atoms with Gasteiger partial charge in [0.1, 0.15) is 11.3 Å². The summed E-state index contributed by atoms with van der Waals surface area (Å²) in [6, 6.07) is 0. The first-order valence-electron chi connectivity index (χ1n) is 9.24. The smallest absolute Gasteiger partial charge is 0.276 e. The fourth-order valence-corrected chi connectivity index (χ4v) is 3.48. The number of imidazole rings is 1. The van der Waals surface area contributed by atoms with Crippen LogP contribution in [0.3, 0.4) is 0 Å². The van der Waals surface area contributed by atoms with Crippen LogP contribution in [-0.2, 0) is 16.0 Å². The molecule has 0 saturated carbocycles. The van der Waals surface area contributed by atoms with Gasteiger partial charge in [-0.25, -0.2) is 4.98 Å². The quantitative estimate of drug-likeness (QED) is 0.579. The minimum Gasteiger partial charge on any atom is -0.501 e. The molecule has 0 aliphatic carbocycles. The number of aromatic nitrogens is 3. The molecule has 2 aromatic heterocycles. The molecule has 27 heavy (non-hydrogen) atoms. The molecule has 3 heterocycles. The number of hydrogen-bond acceptors (Lipinski definition) is 4. The molecule has 2 aromatic rings. The second kappa shape index (κ2) is 8.39. The monoisotopic (exact) mass is 369 g/mol. The van der Waals surface area contributed by atoms with Gasteiger partial charge in [0.25, 0.3) is 5.56 Å². The van der Waals surface area contributed by atoms with Crippen molar-refractivity contribution in [2.75, 3.05) is 20.3 Å². The molecule has 6 nitrogen and oxygen atoms in total. The van der Waals surface area contributed by atoms with Gasteiger partial charge in [-0.3, -0.25) is 9.20 Å². The lowest BCUT2D eigenvalue weighted by atomic mass is 10.00. The molecular formula is C21H27N3O3. The fourth-order valence-electron chi connectivity index (χ4n) is 3.48. The van der Waals surface area contributed by atoms with Crippen LogP contribution in [0.1, 0.15) is 37.2 Å². The number of nitrogens with zero attached hydrogens (tertiary/aromatic N) is 3. The molecule has 1 saturated heterocycles. The lowest BCUT2D eigenvalue weighted by Gasteiger charge is -2.21. The zero-order chi connectivity index (χ0) is 19.4. The van der Waals surface area contributed by atoms with Gasteiger partial charge in [-0.1, -0.05) is 18.7 Å². The maximum atomic E-state index is 13.1. The van der Waals surface area contributed by atoms with Crippen LogP contribution >= 0.6 is 0 Å². The van der Waals surface area contributed by atoms with E-state index in [0.29, 0.717) is 18.0 Å². The highest BCUT2D eigenvalue weighted by atomic mass is 16.5. The molecule has 1 aliphatic heterocycles. The van der Waals surface area contributed by atoms with Crippen molar-refractivity contribution in [3.63, 3.8) is 0 Å². The molecule has 3 rings (SSSR count). The Kier molecular flexibility index (Phi) is 5.96. The van der Waals surface area contributed by atoms with Crippen LogP contribution < -0.4 is 5.56 Å². The maximum Gasteiger partial charge on any atom is 0.276 e. The molecule has 0 spiro atoms. The number of ether oxygens (including phenoxy) is 2. The first-order valence-corrected chi connectivity index (χ1v) is 9.24. The number of fused-ring (bicyclic) bond motifs is 1. The van der Waals surface area contributed by atoms with Crippen LogP contribution in [0.4, 0.5) is 0 Å². The van der Waals surface area contributed by atoms with E-state index < -0.39 is 0 Å². The normalized spacial score (nSPS) is 16.7. The zero-order valence-electron chi connectivity index (χ0n) is 16.3. The second-order valence-corrected chi connectivity index (χ2v) is 6.86. The molecule has 1 aliphatic rings. The van der Waals surface area contributed by atoms with Gasteiger partial charge in [0.2, 0.25) is 0 Å². The van der Waals surface area contributed by atoms with Gasteiger partial charge in [0.05, 0.1) is 25.6 Å². The average molecular weight is 369 g/mol. The average Bonchev–Trinajstić information content (AvgIpc) is 3.09. The topological polar surface area (TPSA) is 57.8 Å². The summed E-state index contributed by atoms with van der Waals surface area (Å²) in [5, 5.41) is 0. The molecule has 0 unspecified atom stereocenters. The van der Waals surface area contributed by atoms with Crippen LogP contribution in [0.25, 0.3) is 5.52 Å². The van der Waals surface area contributed by atoms with Crippen LogP contribution in [0.5, 0.6) is 0 Å². The van der Waals surface area contributed by atoms with Crippen LogP contribution in [0, 0.1) is 6.92 Å². The summed E-state index contributed by atoms with van der Waals surface area (Å²) < 4.78 is 14.4. The minimum atomic E-state index is -0.0424. The highest BCUT2D eigenvalue weighted by molar-refractivity contribution is 5.45. The van der Waals surface area contributed by atoms with Crippen LogP contribution in [0.2, 0.25) is 0 Å². The van der Waals surface area contributed by atoms with Crippen molar-refractivity contribution < 1.29 is 9.47 Å². The summed E-state index contributed by atoms with van der Waals surface area (Å²) in [7, 11) is 1.63. The van der Waals surface area contributed by atoms with Crippen molar-refractivity contribution in [2.24, 2.45) is 0 Å². The largest absolute Gasteiger partial charge is 0.501 e. The van der Waals surface area contributed by atoms with Gasteiger partial charge in [-0.2, -0.15) is 0 Å². The Morgan fingerprint density at radius 2 is 2.19 bits per heavy atom. The number of rotatable bonds is 6. The number of hydrogen-bond donors (Lipinski definition) is 0. The minimum absolute atomic E-state index is 0.0424. The second-order valence-electron chi connectivity index (χ2n) is 6.86. The molecule has 0 amide bonds. The number of methoxy groups -OCH3 is 1. The lowest BCUT2D eigenvalue weighted by molar-refractivity contribution is 0.0835. The van der Waals surface area contributed by atoms with Gasteiger partial charge < -0.3 is 14.0 Å². The van der Waals surface area contributed by atoms with E-state index in [0.717, 1.165) is 48.9 Å². The highest BCUT2D eigenvalue weighted by Gasteiger charge is 2.22. The Hall–Kier alpha value is -2.60. The van der Waals surface area contributed by atoms with Gasteiger partial charge in [-0.05, 0) is 38.3 Å². The van der Waals surface area contributed by atoms with Crippen LogP contribution in [0.15, 0.2) is 53.3 Å². The van der Waals surface area contributed by atoms with Crippen molar-refractivity contribution in [1.29, 1.82) is 0 Å². The molecule has 0 aromatic carbocycles. The van der Waals surface area contributed by atoms with E-state index in [1.807, 2.05) is 36.6 Å². The first-order chi connectivity index (χ1) is 13.0. The van der Waals surface area contributed by atoms with Crippen molar-refractivity contribution in [3.8, 4) is 0 Å². The van der Waals surface area contributed by atoms with Gasteiger partial charge in [-0.15, -0.1) is 0 Å². The summed E-state index contributed by atoms with van der Waals surface area (Å²) in [4.78, 5) is 17.7. The molecule has 144 valence electrons. The lowest BCUT2D eigenvalue weighted by Crippen LogP contribution is -2.25. The maximum absolute atomic E-state index is 13.1. The third-order valence-electron chi connectivity index (χ3n) is 5.00. The summed E-state index contributed by atoms with van der Waals surface area (Å²) in [6.45, 7) is 9.54. The molecule has 1 fully saturated rings. The molecule has 0 atom stereocenters. The fraction of sp³-hybridized carbons (Fsp3) is 0.429. The van der Waals surface area contributed by atoms with E-state index in [2.05, 4.69) is 11.6 Å². The van der Waals surface area contributed by atoms with Gasteiger partial charge in [0, 0.05) is 31.0 Å². The van der Waals surface area contributed by atoms with E-state index in [1.165, 1.54) is 0 Å². The van der Waals surface area contributed by atoms with Gasteiger partial charge in [0.15, 0.2) is 0 Å². The predicted molar refractivity (Wildman–Crippen MR) is 106 cm³/mol. The summed E-state index contributed by atoms with van der Waals surface area (Å²) in [5.74, 6) is 2.07. The predicted octanol–water partition coefficient (Wildman–Crippen LogP) is 3.36. The molecule has 0 radical (unpaired) electrons. The zero-order valence-corrected chi connectivity index (χ0v) is 16.3. The Morgan fingerprint density at radius 1 is 1.44 bits per heavy atom. The van der Waals surface area contributed by atoms with E-state index in [4.69, 9.17) is 9.47 Å². The molecule has 0 bridgehead atoms. The third-order valence-corrected chi connectivity index (χ3v) is 5.00. The van der Waals surface area contributed by atoms with E-state index in [9.17, 15) is 4.79 Å². The molecule has 0 N–H and O–H groups in total. The SMILES string of the molecule is C=C/C=C(\C=C(/C)OC)Cn1c(C)cn2c(C3CCOCC3)ncc2c1=O. The van der Waals surface area contributed by atoms with Crippen molar-refractivity contribution in [1.82, 2.24) is 14.0 Å². The number of allylic oxidation sites excluding steroid dienone is 5. The standard InChI is InChI=1S/C21H27N3O3/c1-5-6-17(11-16(3)26-4)14-23-15(2)13-24-19(21(23)25)12-22-20(24)18-7-9-27-10-8-18/h5-6,11-13,18H,1,7-10,14H2,2-4H3/b16-11+,17-6+. The van der Waals surface area contributed by atoms with Crippen molar-refractivity contribution >= 4 is 5.52 Å². The Bertz CT molecular complexity index is 943. The summed E-state index contributed by atoms with van der Waals surface area (Å²) >= 11 is 0. The van der Waals surface area contributed by atoms with Crippen molar-refractivity contribution in [3.05, 3.63) is 70.4 Å². The third kappa shape index (κ3) is 4.06. The van der Waals surface area contributed by atoms with E-state index in [-0.39, 0.29) is 5.56 Å². The van der Waals surface area contributed by atoms with Crippen molar-refractivity contribution in [2.45, 2.75) is 39.2 Å². The Labute approximate surface area is 159 Å². The molecule has 6 heteroatoms. The highest BCUT2D eigenvalue weighted by Crippen LogP contribution is 2.26. The van der Waals surface area contributed by atoms with E-state index >= 15 is 0 Å². The number of aryl methyl sites for hydroxylation is 1. The Morgan fingerprint density at radius 3 is 2.85 bits per heavy atom.